The molecule has 3 rings (SSSR count). The Morgan fingerprint density at radius 2 is 1.29 bits per heavy atom. The largest absolute Gasteiger partial charge is 0.300 e. The van der Waals surface area contributed by atoms with E-state index in [1.54, 1.807) is 13.8 Å². The van der Waals surface area contributed by atoms with E-state index in [2.05, 4.69) is 12.2 Å². The van der Waals surface area contributed by atoms with Crippen LogP contribution in [0.3, 0.4) is 0 Å². The molecule has 1 saturated carbocycles. The van der Waals surface area contributed by atoms with Crippen LogP contribution in [0.1, 0.15) is 26.7 Å². The molecule has 0 aliphatic heterocycles. The Hall–Kier alpha value is -0.920. The highest BCUT2D eigenvalue weighted by atomic mass is 16.1. The summed E-state index contributed by atoms with van der Waals surface area (Å²) in [7, 11) is 0. The molecule has 76 valence electrons. The average Bonchev–Trinajstić information content (AvgIpc) is 2.33. The van der Waals surface area contributed by atoms with Crippen LogP contribution in [0.15, 0.2) is 12.2 Å². The molecule has 0 aromatic carbocycles. The van der Waals surface area contributed by atoms with Gasteiger partial charge < -0.3 is 0 Å². The maximum atomic E-state index is 11.4. The van der Waals surface area contributed by atoms with Crippen molar-refractivity contribution >= 4 is 11.6 Å². The Morgan fingerprint density at radius 3 is 1.57 bits per heavy atom. The molecule has 0 aromatic rings. The first kappa shape index (κ1) is 9.63. The van der Waals surface area contributed by atoms with Crippen molar-refractivity contribution in [2.24, 2.45) is 23.7 Å². The van der Waals surface area contributed by atoms with E-state index < -0.39 is 0 Å². The summed E-state index contributed by atoms with van der Waals surface area (Å²) in [6.45, 7) is 3.32. The molecule has 3 aliphatic carbocycles. The first-order valence-corrected chi connectivity index (χ1v) is 5.29. The number of fused-ring (bicyclic) bond motifs is 2. The molecule has 2 bridgehead atoms. The Bertz CT molecular complexity index is 265. The molecular weight excluding hydrogens is 176 g/mol. The van der Waals surface area contributed by atoms with E-state index in [0.717, 1.165) is 12.8 Å². The Balaban J connectivity index is 2.22. The minimum atomic E-state index is 0.152. The van der Waals surface area contributed by atoms with Gasteiger partial charge in [0.05, 0.1) is 0 Å². The number of carbonyl (C=O) groups excluding carboxylic acids is 2. The predicted molar refractivity (Wildman–Crippen MR) is 53.7 cm³/mol. The predicted octanol–water partition coefficient (Wildman–Crippen LogP) is 1.99. The van der Waals surface area contributed by atoms with Crippen molar-refractivity contribution in [2.45, 2.75) is 26.7 Å². The normalized spacial score (nSPS) is 39.9. The number of carbonyl (C=O) groups is 2. The van der Waals surface area contributed by atoms with Gasteiger partial charge in [-0.05, 0) is 38.5 Å². The fourth-order valence-corrected chi connectivity index (χ4v) is 3.24. The third kappa shape index (κ3) is 1.24. The van der Waals surface area contributed by atoms with Crippen LogP contribution in [0.4, 0.5) is 0 Å². The van der Waals surface area contributed by atoms with Gasteiger partial charge in [0.1, 0.15) is 11.6 Å². The third-order valence-corrected chi connectivity index (χ3v) is 3.77. The van der Waals surface area contributed by atoms with Crippen LogP contribution < -0.4 is 0 Å². The molecule has 0 spiro atoms. The molecule has 0 heterocycles. The second-order valence-corrected chi connectivity index (χ2v) is 4.54. The molecule has 14 heavy (non-hydrogen) atoms. The molecule has 1 fully saturated rings. The lowest BCUT2D eigenvalue weighted by atomic mass is 9.53. The van der Waals surface area contributed by atoms with Gasteiger partial charge in [0, 0.05) is 11.8 Å². The fraction of sp³-hybridized carbons (Fsp3) is 0.667. The smallest absolute Gasteiger partial charge is 0.133 e. The summed E-state index contributed by atoms with van der Waals surface area (Å²) in [4.78, 5) is 22.8. The standard InChI is InChI=1S/C12H16O2/c1-7(13)11-9-5-3-4-6-10(11)12(9)8(2)14/h3-4,9-12H,5-6H2,1-2H3. The van der Waals surface area contributed by atoms with Crippen molar-refractivity contribution < 1.29 is 9.59 Å². The maximum absolute atomic E-state index is 11.4. The maximum Gasteiger partial charge on any atom is 0.133 e. The minimum Gasteiger partial charge on any atom is -0.300 e. The van der Waals surface area contributed by atoms with Crippen LogP contribution in [0.5, 0.6) is 0 Å². The topological polar surface area (TPSA) is 34.1 Å². The van der Waals surface area contributed by atoms with Gasteiger partial charge in [-0.1, -0.05) is 12.2 Å². The zero-order valence-electron chi connectivity index (χ0n) is 8.69. The van der Waals surface area contributed by atoms with Crippen LogP contribution in [0.25, 0.3) is 0 Å². The summed E-state index contributed by atoms with van der Waals surface area (Å²) in [5.41, 5.74) is 0. The zero-order valence-corrected chi connectivity index (χ0v) is 8.69. The van der Waals surface area contributed by atoms with Crippen LogP contribution >= 0.6 is 0 Å². The molecule has 2 heteroatoms. The molecule has 0 aromatic heterocycles. The van der Waals surface area contributed by atoms with Gasteiger partial charge in [-0.3, -0.25) is 9.59 Å². The average molecular weight is 192 g/mol. The van der Waals surface area contributed by atoms with E-state index in [1.165, 1.54) is 0 Å². The van der Waals surface area contributed by atoms with Gasteiger partial charge in [0.25, 0.3) is 0 Å². The number of hydrogen-bond acceptors (Lipinski definition) is 2. The molecule has 0 N–H and O–H groups in total. The SMILES string of the molecule is CC(=O)C1C2CC=CCC1C2C(C)=O. The van der Waals surface area contributed by atoms with Crippen molar-refractivity contribution in [1.82, 2.24) is 0 Å². The quantitative estimate of drug-likeness (QED) is 0.627. The molecule has 0 atom stereocenters. The number of hydrogen-bond donors (Lipinski definition) is 0. The van der Waals surface area contributed by atoms with Crippen molar-refractivity contribution in [1.29, 1.82) is 0 Å². The van der Waals surface area contributed by atoms with Crippen LogP contribution in [0, 0.1) is 23.7 Å². The van der Waals surface area contributed by atoms with Crippen LogP contribution in [-0.2, 0) is 9.59 Å². The highest BCUT2D eigenvalue weighted by molar-refractivity contribution is 5.87. The lowest BCUT2D eigenvalue weighted by Crippen LogP contribution is -2.51. The fourth-order valence-electron chi connectivity index (χ4n) is 3.24. The Kier molecular flexibility index (Phi) is 2.30. The van der Waals surface area contributed by atoms with Crippen LogP contribution in [-0.4, -0.2) is 11.6 Å². The summed E-state index contributed by atoms with van der Waals surface area (Å²) >= 11 is 0. The molecule has 0 amide bonds. The minimum absolute atomic E-state index is 0.152. The number of Topliss-reactive ketones (excluding diaryl/α,β-unsaturated/α-hetero) is 2. The first-order chi connectivity index (χ1) is 6.63. The monoisotopic (exact) mass is 192 g/mol. The molecule has 2 nitrogen and oxygen atoms in total. The van der Waals surface area contributed by atoms with Gasteiger partial charge in [-0.15, -0.1) is 0 Å². The highest BCUT2D eigenvalue weighted by Gasteiger charge is 2.53. The van der Waals surface area contributed by atoms with Gasteiger partial charge in [0.15, 0.2) is 0 Å². The van der Waals surface area contributed by atoms with E-state index in [9.17, 15) is 9.59 Å². The summed E-state index contributed by atoms with van der Waals surface area (Å²) in [5.74, 6) is 1.43. The number of allylic oxidation sites excluding steroid dienone is 2. The van der Waals surface area contributed by atoms with Gasteiger partial charge in [-0.2, -0.15) is 0 Å². The second kappa shape index (κ2) is 3.34. The molecule has 3 aliphatic rings. The molecule has 0 saturated heterocycles. The van der Waals surface area contributed by atoms with Gasteiger partial charge in [0.2, 0.25) is 0 Å². The second-order valence-electron chi connectivity index (χ2n) is 4.54. The highest BCUT2D eigenvalue weighted by Crippen LogP contribution is 2.52. The number of ketones is 2. The van der Waals surface area contributed by atoms with E-state index in [0.29, 0.717) is 11.8 Å². The van der Waals surface area contributed by atoms with Crippen LogP contribution in [0.2, 0.25) is 0 Å². The lowest BCUT2D eigenvalue weighted by molar-refractivity contribution is -0.145. The van der Waals surface area contributed by atoms with E-state index >= 15 is 0 Å². The van der Waals surface area contributed by atoms with Gasteiger partial charge in [-0.25, -0.2) is 0 Å². The molecule has 0 unspecified atom stereocenters. The lowest BCUT2D eigenvalue weighted by Gasteiger charge is -2.48. The summed E-state index contributed by atoms with van der Waals surface area (Å²) in [6.07, 6.45) is 6.07. The summed E-state index contributed by atoms with van der Waals surface area (Å²) < 4.78 is 0. The zero-order chi connectivity index (χ0) is 10.3. The Morgan fingerprint density at radius 1 is 0.929 bits per heavy atom. The van der Waals surface area contributed by atoms with E-state index in [-0.39, 0.29) is 23.4 Å². The van der Waals surface area contributed by atoms with Crippen molar-refractivity contribution in [3.8, 4) is 0 Å². The number of rotatable bonds is 2. The Labute approximate surface area is 84.4 Å². The van der Waals surface area contributed by atoms with Gasteiger partial charge >= 0.3 is 0 Å². The molecular formula is C12H16O2. The summed E-state index contributed by atoms with van der Waals surface area (Å²) in [6, 6.07) is 0. The van der Waals surface area contributed by atoms with E-state index in [1.807, 2.05) is 0 Å². The summed E-state index contributed by atoms with van der Waals surface area (Å²) in [5, 5.41) is 0. The molecule has 0 radical (unpaired) electrons. The third-order valence-electron chi connectivity index (χ3n) is 3.77. The van der Waals surface area contributed by atoms with Crippen molar-refractivity contribution in [3.05, 3.63) is 12.2 Å². The first-order valence-electron chi connectivity index (χ1n) is 5.29. The van der Waals surface area contributed by atoms with E-state index in [4.69, 9.17) is 0 Å². The van der Waals surface area contributed by atoms with Crippen molar-refractivity contribution in [2.75, 3.05) is 0 Å². The van der Waals surface area contributed by atoms with Crippen molar-refractivity contribution in [3.63, 3.8) is 0 Å².